The monoisotopic (exact) mass is 401 g/mol. The summed E-state index contributed by atoms with van der Waals surface area (Å²) in [5.41, 5.74) is 7.37. The summed E-state index contributed by atoms with van der Waals surface area (Å²) in [6.07, 6.45) is 0. The molecule has 7 nitrogen and oxygen atoms in total. The van der Waals surface area contributed by atoms with Crippen molar-refractivity contribution < 1.29 is 4.79 Å². The maximum atomic E-state index is 12.7. The number of primary amides is 1. The first-order chi connectivity index (χ1) is 12.9. The Balaban J connectivity index is 2.09. The first-order valence-corrected chi connectivity index (χ1v) is 8.67. The topological polar surface area (TPSA) is 108 Å². The third kappa shape index (κ3) is 2.63. The summed E-state index contributed by atoms with van der Waals surface area (Å²) in [4.78, 5) is 29.2. The van der Waals surface area contributed by atoms with Crippen LogP contribution in [0.3, 0.4) is 0 Å². The molecule has 0 saturated carbocycles. The molecule has 0 unspecified atom stereocenters. The maximum Gasteiger partial charge on any atom is 0.352 e. The average Bonchev–Trinajstić information content (AvgIpc) is 2.78. The molecule has 1 aliphatic rings. The zero-order valence-electron chi connectivity index (χ0n) is 13.8. The van der Waals surface area contributed by atoms with Gasteiger partial charge in [-0.3, -0.25) is 14.4 Å². The second kappa shape index (κ2) is 6.29. The number of carbonyl (C=O) groups excluding carboxylic acids is 1. The van der Waals surface area contributed by atoms with Crippen molar-refractivity contribution in [1.82, 2.24) is 9.24 Å². The molecule has 2 heterocycles. The van der Waals surface area contributed by atoms with Gasteiger partial charge in [0.2, 0.25) is 0 Å². The third-order valence-electron chi connectivity index (χ3n) is 4.39. The van der Waals surface area contributed by atoms with E-state index >= 15 is 0 Å². The predicted molar refractivity (Wildman–Crippen MR) is 105 cm³/mol. The highest BCUT2D eigenvalue weighted by Gasteiger charge is 2.28. The lowest BCUT2D eigenvalue weighted by Crippen LogP contribution is -2.32. The highest BCUT2D eigenvalue weighted by Crippen LogP contribution is 2.30. The Morgan fingerprint density at radius 1 is 1.11 bits per heavy atom. The number of fused-ring (bicyclic) bond motifs is 3. The molecule has 136 valence electrons. The summed E-state index contributed by atoms with van der Waals surface area (Å²) in [7, 11) is 0. The molecular formula is C18H13Cl2N5O2. The maximum absolute atomic E-state index is 12.7. The number of nitrogen functional groups attached to an aromatic ring is 1. The van der Waals surface area contributed by atoms with Crippen molar-refractivity contribution in [2.24, 2.45) is 10.7 Å². The summed E-state index contributed by atoms with van der Waals surface area (Å²) < 4.78 is 2.07. The number of aromatic nitrogens is 2. The van der Waals surface area contributed by atoms with Gasteiger partial charge in [0.25, 0.3) is 5.91 Å². The van der Waals surface area contributed by atoms with Gasteiger partial charge in [-0.25, -0.2) is 9.47 Å². The van der Waals surface area contributed by atoms with Crippen molar-refractivity contribution in [3.63, 3.8) is 0 Å². The van der Waals surface area contributed by atoms with Crippen LogP contribution in [-0.2, 0) is 6.54 Å². The van der Waals surface area contributed by atoms with Gasteiger partial charge >= 0.3 is 5.69 Å². The zero-order chi connectivity index (χ0) is 19.3. The molecule has 0 atom stereocenters. The van der Waals surface area contributed by atoms with E-state index in [4.69, 9.17) is 34.8 Å². The number of aliphatic imine (C=N–C) groups is 1. The van der Waals surface area contributed by atoms with Crippen LogP contribution in [0.5, 0.6) is 0 Å². The fraction of sp³-hybridized carbons (Fsp3) is 0.0556. The van der Waals surface area contributed by atoms with Crippen molar-refractivity contribution in [1.29, 1.82) is 0 Å². The Morgan fingerprint density at radius 2 is 1.85 bits per heavy atom. The minimum absolute atomic E-state index is 0.0184. The van der Waals surface area contributed by atoms with E-state index < -0.39 is 11.6 Å². The van der Waals surface area contributed by atoms with E-state index in [2.05, 4.69) is 4.99 Å². The largest absolute Gasteiger partial charge is 0.364 e. The van der Waals surface area contributed by atoms with Crippen molar-refractivity contribution in [2.75, 3.05) is 5.84 Å². The van der Waals surface area contributed by atoms with Crippen molar-refractivity contribution in [3.05, 3.63) is 85.5 Å². The number of nitrogens with two attached hydrogens (primary N) is 2. The highest BCUT2D eigenvalue weighted by molar-refractivity contribution is 6.36. The van der Waals surface area contributed by atoms with E-state index in [1.807, 2.05) is 18.2 Å². The van der Waals surface area contributed by atoms with Gasteiger partial charge in [0.1, 0.15) is 0 Å². The fourth-order valence-electron chi connectivity index (χ4n) is 3.23. The Hall–Kier alpha value is -3.03. The SMILES string of the molecule is NC(=O)c1c2n(c(=O)n1N)-c1ccc(Cl)cc1C(c1ccccc1Cl)=NC2. The molecule has 2 aromatic carbocycles. The van der Waals surface area contributed by atoms with Crippen LogP contribution in [0.1, 0.15) is 27.3 Å². The van der Waals surface area contributed by atoms with Gasteiger partial charge in [0, 0.05) is 21.2 Å². The molecule has 9 heteroatoms. The molecule has 3 aromatic rings. The number of rotatable bonds is 2. The quantitative estimate of drug-likeness (QED) is 0.641. The van der Waals surface area contributed by atoms with E-state index in [0.717, 1.165) is 4.68 Å². The van der Waals surface area contributed by atoms with Gasteiger partial charge in [0.05, 0.1) is 23.6 Å². The van der Waals surface area contributed by atoms with Gasteiger partial charge in [-0.2, -0.15) is 0 Å². The number of hydrogen-bond donors (Lipinski definition) is 2. The van der Waals surface area contributed by atoms with Crippen LogP contribution in [-0.4, -0.2) is 20.9 Å². The molecule has 0 fully saturated rings. The van der Waals surface area contributed by atoms with Crippen LogP contribution < -0.4 is 17.3 Å². The van der Waals surface area contributed by atoms with Crippen molar-refractivity contribution >= 4 is 34.8 Å². The smallest absolute Gasteiger partial charge is 0.352 e. The number of halogens is 2. The Labute approximate surface area is 163 Å². The Bertz CT molecular complexity index is 1190. The molecule has 0 bridgehead atoms. The fourth-order valence-corrected chi connectivity index (χ4v) is 3.63. The Morgan fingerprint density at radius 3 is 2.56 bits per heavy atom. The molecule has 1 amide bonds. The number of hydrogen-bond acceptors (Lipinski definition) is 4. The first kappa shape index (κ1) is 17.4. The minimum atomic E-state index is -0.810. The first-order valence-electron chi connectivity index (χ1n) is 7.91. The van der Waals surface area contributed by atoms with Crippen LogP contribution >= 0.6 is 23.2 Å². The van der Waals surface area contributed by atoms with E-state index in [1.54, 1.807) is 24.3 Å². The van der Waals surface area contributed by atoms with Gasteiger partial charge < -0.3 is 11.6 Å². The average molecular weight is 402 g/mol. The molecule has 0 saturated heterocycles. The number of benzene rings is 2. The lowest BCUT2D eigenvalue weighted by molar-refractivity contribution is 0.0992. The summed E-state index contributed by atoms with van der Waals surface area (Å²) in [6.45, 7) is 0.0184. The number of amides is 1. The molecule has 1 aliphatic heterocycles. The molecule has 4 N–H and O–H groups in total. The lowest BCUT2D eigenvalue weighted by atomic mass is 10.0. The molecule has 0 radical (unpaired) electrons. The number of nitrogens with zero attached hydrogens (tertiary/aromatic N) is 3. The van der Waals surface area contributed by atoms with Crippen molar-refractivity contribution in [3.8, 4) is 5.69 Å². The summed E-state index contributed by atoms with van der Waals surface area (Å²) in [5.74, 6) is 4.97. The van der Waals surface area contributed by atoms with Crippen LogP contribution in [0.2, 0.25) is 10.0 Å². The van der Waals surface area contributed by atoms with Crippen LogP contribution in [0.4, 0.5) is 0 Å². The van der Waals surface area contributed by atoms with E-state index in [9.17, 15) is 9.59 Å². The third-order valence-corrected chi connectivity index (χ3v) is 4.95. The van der Waals surface area contributed by atoms with Gasteiger partial charge in [-0.15, -0.1) is 0 Å². The normalized spacial score (nSPS) is 12.7. The second-order valence-corrected chi connectivity index (χ2v) is 6.80. The van der Waals surface area contributed by atoms with Crippen LogP contribution in [0.25, 0.3) is 5.69 Å². The lowest BCUT2D eigenvalue weighted by Gasteiger charge is -2.12. The predicted octanol–water partition coefficient (Wildman–Crippen LogP) is 2.11. The number of carbonyl (C=O) groups is 1. The zero-order valence-corrected chi connectivity index (χ0v) is 15.3. The molecule has 0 spiro atoms. The molecule has 4 rings (SSSR count). The minimum Gasteiger partial charge on any atom is -0.364 e. The molecule has 0 aliphatic carbocycles. The molecule has 27 heavy (non-hydrogen) atoms. The summed E-state index contributed by atoms with van der Waals surface area (Å²) in [6, 6.07) is 12.2. The van der Waals surface area contributed by atoms with E-state index in [0.29, 0.717) is 38.3 Å². The van der Waals surface area contributed by atoms with Crippen LogP contribution in [0, 0.1) is 0 Å². The van der Waals surface area contributed by atoms with E-state index in [1.165, 1.54) is 4.57 Å². The van der Waals surface area contributed by atoms with Crippen LogP contribution in [0.15, 0.2) is 52.3 Å². The summed E-state index contributed by atoms with van der Waals surface area (Å²) >= 11 is 12.6. The van der Waals surface area contributed by atoms with Gasteiger partial charge in [-0.1, -0.05) is 41.4 Å². The standard InChI is InChI=1S/C18H13Cl2N5O2/c19-9-5-6-13-11(7-9)15(10-3-1-2-4-12(10)20)23-8-14-16(17(21)26)25(22)18(27)24(13)14/h1-7H,8,22H2,(H2,21,26). The van der Waals surface area contributed by atoms with E-state index in [-0.39, 0.29) is 12.2 Å². The molecule has 1 aromatic heterocycles. The van der Waals surface area contributed by atoms with Crippen molar-refractivity contribution in [2.45, 2.75) is 6.54 Å². The molecular weight excluding hydrogens is 389 g/mol. The highest BCUT2D eigenvalue weighted by atomic mass is 35.5. The number of imidazole rings is 1. The second-order valence-electron chi connectivity index (χ2n) is 5.95. The Kier molecular flexibility index (Phi) is 4.05. The summed E-state index contributed by atoms with van der Waals surface area (Å²) in [5, 5.41) is 0.965. The van der Waals surface area contributed by atoms with Gasteiger partial charge in [-0.05, 0) is 24.3 Å². The van der Waals surface area contributed by atoms with Gasteiger partial charge in [0.15, 0.2) is 5.69 Å².